The Morgan fingerprint density at radius 2 is 1.00 bits per heavy atom. The maximum atomic E-state index is 8.66. The van der Waals surface area contributed by atoms with Crippen molar-refractivity contribution in [3.8, 4) is 0 Å². The highest BCUT2D eigenvalue weighted by Crippen LogP contribution is 2.18. The van der Waals surface area contributed by atoms with Crippen LogP contribution in [0.1, 0.15) is 27.2 Å². The third-order valence-corrected chi connectivity index (χ3v) is 2.61. The Kier molecular flexibility index (Phi) is 10.1. The van der Waals surface area contributed by atoms with Crippen molar-refractivity contribution in [2.75, 3.05) is 33.0 Å². The Balaban J connectivity index is 0. The monoisotopic (exact) mass is 238 g/mol. The summed E-state index contributed by atoms with van der Waals surface area (Å²) in [6.07, 6.45) is 0.594. The molecular formula is C11H26O5. The first-order valence-electron chi connectivity index (χ1n) is 5.41. The van der Waals surface area contributed by atoms with Crippen LogP contribution in [-0.2, 0) is 0 Å². The van der Waals surface area contributed by atoms with Gasteiger partial charge in [0, 0.05) is 10.8 Å². The molecule has 0 radical (unpaired) electrons. The van der Waals surface area contributed by atoms with Crippen LogP contribution < -0.4 is 0 Å². The average Bonchev–Trinajstić information content (AvgIpc) is 2.34. The highest BCUT2D eigenvalue weighted by atomic mass is 16.3. The minimum atomic E-state index is -0.667. The summed E-state index contributed by atoms with van der Waals surface area (Å²) < 4.78 is 0. The van der Waals surface area contributed by atoms with E-state index in [1.165, 1.54) is 0 Å². The molecule has 0 rings (SSSR count). The standard InChI is InChI=1S/C6H14O3.C5H12O2/c1-2-6(3-7,4-8)5-9;1-5(2,3-6)4-7/h7-9H,2-5H2,1H3;6-7H,3-4H2,1-2H3. The number of aliphatic hydroxyl groups excluding tert-OH is 5. The Labute approximate surface area is 97.4 Å². The van der Waals surface area contributed by atoms with Crippen LogP contribution in [0.4, 0.5) is 0 Å². The van der Waals surface area contributed by atoms with Gasteiger partial charge in [0.05, 0.1) is 33.0 Å². The van der Waals surface area contributed by atoms with Crippen LogP contribution in [0.2, 0.25) is 0 Å². The molecule has 0 saturated heterocycles. The first-order chi connectivity index (χ1) is 7.36. The molecular weight excluding hydrogens is 212 g/mol. The fourth-order valence-electron chi connectivity index (χ4n) is 0.535. The Bertz CT molecular complexity index is 131. The highest BCUT2D eigenvalue weighted by Gasteiger charge is 2.24. The summed E-state index contributed by atoms with van der Waals surface area (Å²) in [6, 6.07) is 0. The van der Waals surface area contributed by atoms with Crippen LogP contribution in [0.5, 0.6) is 0 Å². The summed E-state index contributed by atoms with van der Waals surface area (Å²) in [5.41, 5.74) is -0.972. The van der Waals surface area contributed by atoms with Crippen LogP contribution in [0.15, 0.2) is 0 Å². The van der Waals surface area contributed by atoms with E-state index in [-0.39, 0.29) is 38.4 Å². The van der Waals surface area contributed by atoms with Gasteiger partial charge in [-0.3, -0.25) is 0 Å². The van der Waals surface area contributed by atoms with Crippen LogP contribution >= 0.6 is 0 Å². The van der Waals surface area contributed by atoms with Gasteiger partial charge in [-0.15, -0.1) is 0 Å². The molecule has 0 amide bonds. The van der Waals surface area contributed by atoms with E-state index in [0.29, 0.717) is 6.42 Å². The number of hydrogen-bond acceptors (Lipinski definition) is 5. The topological polar surface area (TPSA) is 101 Å². The molecule has 0 heterocycles. The van der Waals surface area contributed by atoms with Gasteiger partial charge in [0.15, 0.2) is 0 Å². The summed E-state index contributed by atoms with van der Waals surface area (Å²) in [5, 5.41) is 42.8. The first-order valence-corrected chi connectivity index (χ1v) is 5.41. The lowest BCUT2D eigenvalue weighted by Gasteiger charge is -2.24. The van der Waals surface area contributed by atoms with Crippen molar-refractivity contribution in [3.63, 3.8) is 0 Å². The van der Waals surface area contributed by atoms with Gasteiger partial charge in [0.2, 0.25) is 0 Å². The zero-order valence-corrected chi connectivity index (χ0v) is 10.5. The van der Waals surface area contributed by atoms with E-state index in [1.54, 1.807) is 13.8 Å². The van der Waals surface area contributed by atoms with Gasteiger partial charge in [-0.05, 0) is 6.42 Å². The van der Waals surface area contributed by atoms with E-state index in [0.717, 1.165) is 0 Å². The van der Waals surface area contributed by atoms with Gasteiger partial charge in [-0.1, -0.05) is 20.8 Å². The van der Waals surface area contributed by atoms with Crippen LogP contribution in [-0.4, -0.2) is 58.6 Å². The van der Waals surface area contributed by atoms with Crippen molar-refractivity contribution in [2.24, 2.45) is 10.8 Å². The van der Waals surface area contributed by atoms with Gasteiger partial charge >= 0.3 is 0 Å². The van der Waals surface area contributed by atoms with E-state index < -0.39 is 5.41 Å². The number of aliphatic hydroxyl groups is 5. The molecule has 0 fully saturated rings. The van der Waals surface area contributed by atoms with Crippen LogP contribution in [0, 0.1) is 10.8 Å². The number of hydrogen-bond donors (Lipinski definition) is 5. The molecule has 100 valence electrons. The molecule has 0 aliphatic rings. The Morgan fingerprint density at radius 3 is 1.00 bits per heavy atom. The fourth-order valence-corrected chi connectivity index (χ4v) is 0.535. The van der Waals surface area contributed by atoms with Gasteiger partial charge in [0.25, 0.3) is 0 Å². The summed E-state index contributed by atoms with van der Waals surface area (Å²) in [6.45, 7) is 5.04. The zero-order chi connectivity index (χ0) is 13.2. The van der Waals surface area contributed by atoms with Gasteiger partial charge in [-0.25, -0.2) is 0 Å². The molecule has 5 nitrogen and oxygen atoms in total. The first kappa shape index (κ1) is 18.2. The molecule has 0 aromatic heterocycles. The second-order valence-corrected chi connectivity index (χ2v) is 4.81. The van der Waals surface area contributed by atoms with E-state index in [2.05, 4.69) is 0 Å². The van der Waals surface area contributed by atoms with E-state index >= 15 is 0 Å². The maximum Gasteiger partial charge on any atom is 0.0531 e. The zero-order valence-electron chi connectivity index (χ0n) is 10.5. The smallest absolute Gasteiger partial charge is 0.0531 e. The van der Waals surface area contributed by atoms with E-state index in [4.69, 9.17) is 25.5 Å². The number of rotatable bonds is 6. The lowest BCUT2D eigenvalue weighted by Crippen LogP contribution is -2.32. The third-order valence-electron chi connectivity index (χ3n) is 2.61. The highest BCUT2D eigenvalue weighted by molar-refractivity contribution is 4.74. The largest absolute Gasteiger partial charge is 0.396 e. The van der Waals surface area contributed by atoms with E-state index in [1.807, 2.05) is 6.92 Å². The van der Waals surface area contributed by atoms with Crippen molar-refractivity contribution in [2.45, 2.75) is 27.2 Å². The normalized spacial score (nSPS) is 12.0. The maximum absolute atomic E-state index is 8.66. The molecule has 0 aliphatic heterocycles. The molecule has 5 N–H and O–H groups in total. The summed E-state index contributed by atoms with van der Waals surface area (Å²) in [5.74, 6) is 0. The fraction of sp³-hybridized carbons (Fsp3) is 1.00. The predicted octanol–water partition coefficient (Wildman–Crippen LogP) is -0.643. The van der Waals surface area contributed by atoms with Crippen molar-refractivity contribution >= 4 is 0 Å². The molecule has 0 unspecified atom stereocenters. The van der Waals surface area contributed by atoms with Crippen molar-refractivity contribution in [1.82, 2.24) is 0 Å². The molecule has 0 atom stereocenters. The van der Waals surface area contributed by atoms with Crippen molar-refractivity contribution in [3.05, 3.63) is 0 Å². The minimum absolute atomic E-state index is 0.0451. The lowest BCUT2D eigenvalue weighted by atomic mass is 9.88. The molecule has 16 heavy (non-hydrogen) atoms. The molecule has 0 saturated carbocycles. The second kappa shape index (κ2) is 8.90. The van der Waals surface area contributed by atoms with Crippen molar-refractivity contribution < 1.29 is 25.5 Å². The summed E-state index contributed by atoms with van der Waals surface area (Å²) in [4.78, 5) is 0. The molecule has 0 aromatic rings. The van der Waals surface area contributed by atoms with Crippen molar-refractivity contribution in [1.29, 1.82) is 0 Å². The summed E-state index contributed by atoms with van der Waals surface area (Å²) in [7, 11) is 0. The molecule has 0 aliphatic carbocycles. The summed E-state index contributed by atoms with van der Waals surface area (Å²) >= 11 is 0. The predicted molar refractivity (Wildman–Crippen MR) is 61.9 cm³/mol. The second-order valence-electron chi connectivity index (χ2n) is 4.81. The molecule has 5 heteroatoms. The quantitative estimate of drug-likeness (QED) is 0.423. The Morgan fingerprint density at radius 1 is 0.688 bits per heavy atom. The Hall–Kier alpha value is -0.200. The van der Waals surface area contributed by atoms with Crippen LogP contribution in [0.3, 0.4) is 0 Å². The molecule has 0 bridgehead atoms. The van der Waals surface area contributed by atoms with Gasteiger partial charge < -0.3 is 25.5 Å². The van der Waals surface area contributed by atoms with Gasteiger partial charge in [-0.2, -0.15) is 0 Å². The SMILES string of the molecule is CC(C)(CO)CO.CCC(CO)(CO)CO. The third kappa shape index (κ3) is 7.14. The lowest BCUT2D eigenvalue weighted by molar-refractivity contribution is 0.00304. The molecule has 0 aromatic carbocycles. The minimum Gasteiger partial charge on any atom is -0.396 e. The van der Waals surface area contributed by atoms with E-state index in [9.17, 15) is 0 Å². The van der Waals surface area contributed by atoms with Crippen LogP contribution in [0.25, 0.3) is 0 Å². The van der Waals surface area contributed by atoms with Gasteiger partial charge in [0.1, 0.15) is 0 Å². The average molecular weight is 238 g/mol. The molecule has 0 spiro atoms.